The van der Waals surface area contributed by atoms with Gasteiger partial charge in [-0.15, -0.1) is 0 Å². The number of amides is 1. The molecule has 2 heterocycles. The predicted octanol–water partition coefficient (Wildman–Crippen LogP) is 3.64. The van der Waals surface area contributed by atoms with E-state index >= 15 is 0 Å². The fraction of sp³-hybridized carbons (Fsp3) is 0.360. The highest BCUT2D eigenvalue weighted by molar-refractivity contribution is 6.11. The molecule has 9 heteroatoms. The van der Waals surface area contributed by atoms with Crippen LogP contribution in [0.3, 0.4) is 0 Å². The molecule has 0 atom stereocenters. The number of nitrogens with zero attached hydrogens (tertiary/aromatic N) is 2. The normalized spacial score (nSPS) is 14.3. The number of H-pyrrole nitrogens is 1. The number of rotatable bonds is 8. The van der Waals surface area contributed by atoms with Crippen molar-refractivity contribution in [3.63, 3.8) is 0 Å². The monoisotopic (exact) mass is 468 g/mol. The molecule has 0 radical (unpaired) electrons. The minimum Gasteiger partial charge on any atom is -0.494 e. The number of hydrogen-bond donors (Lipinski definition) is 2. The van der Waals surface area contributed by atoms with E-state index in [1.54, 1.807) is 25.1 Å². The molecule has 8 nitrogen and oxygen atoms in total. The minimum absolute atomic E-state index is 0.192. The Morgan fingerprint density at radius 2 is 1.76 bits per heavy atom. The number of aromatic nitrogens is 1. The van der Waals surface area contributed by atoms with Gasteiger partial charge in [-0.3, -0.25) is 9.69 Å². The summed E-state index contributed by atoms with van der Waals surface area (Å²) < 4.78 is 24.0. The summed E-state index contributed by atoms with van der Waals surface area (Å²) in [6.45, 7) is 7.40. The summed E-state index contributed by atoms with van der Waals surface area (Å²) in [6.07, 6.45) is 0. The van der Waals surface area contributed by atoms with Gasteiger partial charge in [0.2, 0.25) is 5.91 Å². The average molecular weight is 469 g/mol. The molecule has 4 rings (SSSR count). The van der Waals surface area contributed by atoms with Gasteiger partial charge in [-0.25, -0.2) is 9.18 Å². The van der Waals surface area contributed by atoms with Gasteiger partial charge in [-0.2, -0.15) is 0 Å². The third-order valence-corrected chi connectivity index (χ3v) is 5.76. The van der Waals surface area contributed by atoms with E-state index in [9.17, 15) is 14.0 Å². The third-order valence-electron chi connectivity index (χ3n) is 5.76. The Kier molecular flexibility index (Phi) is 7.32. The first-order chi connectivity index (χ1) is 16.5. The fourth-order valence-corrected chi connectivity index (χ4v) is 4.11. The Morgan fingerprint density at radius 1 is 1.03 bits per heavy atom. The minimum atomic E-state index is -0.528. The smallest absolute Gasteiger partial charge is 0.356 e. The SMILES string of the molecule is CCOC(=O)c1[nH]c2ccc(OCC)cc2c1NC(=O)CN1CCN(c2ccc(F)cc2)CC1. The Morgan fingerprint density at radius 3 is 2.44 bits per heavy atom. The largest absolute Gasteiger partial charge is 0.494 e. The zero-order valence-corrected chi connectivity index (χ0v) is 19.4. The van der Waals surface area contributed by atoms with E-state index in [2.05, 4.69) is 20.1 Å². The summed E-state index contributed by atoms with van der Waals surface area (Å²) >= 11 is 0. The van der Waals surface area contributed by atoms with Gasteiger partial charge in [0.25, 0.3) is 0 Å². The number of piperazine rings is 1. The van der Waals surface area contributed by atoms with E-state index in [4.69, 9.17) is 9.47 Å². The van der Waals surface area contributed by atoms with Gasteiger partial charge in [0.05, 0.1) is 25.4 Å². The summed E-state index contributed by atoms with van der Waals surface area (Å²) in [6, 6.07) is 11.9. The number of benzene rings is 2. The predicted molar refractivity (Wildman–Crippen MR) is 129 cm³/mol. The number of hydrogen-bond acceptors (Lipinski definition) is 6. The molecule has 3 aromatic rings. The van der Waals surface area contributed by atoms with Crippen LogP contribution in [0.1, 0.15) is 24.3 Å². The van der Waals surface area contributed by atoms with Crippen LogP contribution in [0.15, 0.2) is 42.5 Å². The summed E-state index contributed by atoms with van der Waals surface area (Å²) in [4.78, 5) is 32.8. The van der Waals surface area contributed by atoms with Crippen LogP contribution in [0.25, 0.3) is 10.9 Å². The fourth-order valence-electron chi connectivity index (χ4n) is 4.11. The zero-order valence-electron chi connectivity index (χ0n) is 19.4. The van der Waals surface area contributed by atoms with Gasteiger partial charge in [0.15, 0.2) is 0 Å². The molecular weight excluding hydrogens is 439 g/mol. The second-order valence-corrected chi connectivity index (χ2v) is 8.02. The molecule has 0 bridgehead atoms. The third kappa shape index (κ3) is 5.31. The van der Waals surface area contributed by atoms with Gasteiger partial charge >= 0.3 is 5.97 Å². The molecule has 1 aliphatic rings. The maximum Gasteiger partial charge on any atom is 0.356 e. The molecule has 0 unspecified atom stereocenters. The van der Waals surface area contributed by atoms with Crippen LogP contribution in [0, 0.1) is 5.82 Å². The Hall–Kier alpha value is -3.59. The zero-order chi connectivity index (χ0) is 24.1. The molecule has 1 fully saturated rings. The first-order valence-corrected chi connectivity index (χ1v) is 11.5. The van der Waals surface area contributed by atoms with E-state index in [0.717, 1.165) is 18.8 Å². The molecule has 1 amide bonds. The van der Waals surface area contributed by atoms with E-state index in [-0.39, 0.29) is 30.6 Å². The summed E-state index contributed by atoms with van der Waals surface area (Å²) in [5.74, 6) is -0.355. The Bertz CT molecular complexity index is 1150. The Labute approximate surface area is 197 Å². The molecule has 2 aromatic carbocycles. The van der Waals surface area contributed by atoms with Gasteiger partial charge in [-0.1, -0.05) is 0 Å². The number of halogens is 1. The van der Waals surface area contributed by atoms with Gasteiger partial charge in [0.1, 0.15) is 17.3 Å². The lowest BCUT2D eigenvalue weighted by molar-refractivity contribution is -0.117. The molecule has 34 heavy (non-hydrogen) atoms. The van der Waals surface area contributed by atoms with E-state index in [0.29, 0.717) is 42.0 Å². The number of carbonyl (C=O) groups is 2. The average Bonchev–Trinajstić information content (AvgIpc) is 3.18. The van der Waals surface area contributed by atoms with Crippen LogP contribution in [-0.2, 0) is 9.53 Å². The summed E-state index contributed by atoms with van der Waals surface area (Å²) in [5.41, 5.74) is 2.27. The molecule has 0 spiro atoms. The second-order valence-electron chi connectivity index (χ2n) is 8.02. The number of ether oxygens (including phenoxy) is 2. The lowest BCUT2D eigenvalue weighted by Crippen LogP contribution is -2.48. The summed E-state index contributed by atoms with van der Waals surface area (Å²) in [7, 11) is 0. The van der Waals surface area contributed by atoms with Crippen molar-refractivity contribution >= 4 is 34.2 Å². The maximum atomic E-state index is 13.2. The lowest BCUT2D eigenvalue weighted by Gasteiger charge is -2.35. The van der Waals surface area contributed by atoms with Crippen LogP contribution < -0.4 is 15.0 Å². The van der Waals surface area contributed by atoms with Crippen molar-refractivity contribution in [3.8, 4) is 5.75 Å². The van der Waals surface area contributed by atoms with Gasteiger partial charge in [-0.05, 0) is 56.3 Å². The number of aromatic amines is 1. The second kappa shape index (κ2) is 10.6. The van der Waals surface area contributed by atoms with Crippen molar-refractivity contribution in [2.24, 2.45) is 0 Å². The molecule has 1 aromatic heterocycles. The maximum absolute atomic E-state index is 13.2. The molecule has 2 N–H and O–H groups in total. The summed E-state index contributed by atoms with van der Waals surface area (Å²) in [5, 5.41) is 3.60. The molecule has 0 aliphatic carbocycles. The van der Waals surface area contributed by atoms with Crippen LogP contribution >= 0.6 is 0 Å². The van der Waals surface area contributed by atoms with Crippen LogP contribution in [0.5, 0.6) is 5.75 Å². The van der Waals surface area contributed by atoms with Crippen molar-refractivity contribution in [1.82, 2.24) is 9.88 Å². The van der Waals surface area contributed by atoms with Gasteiger partial charge < -0.3 is 24.7 Å². The standard InChI is InChI=1S/C25H29FN4O4/c1-3-33-19-9-10-21-20(15-19)23(24(27-21)25(32)34-4-2)28-22(31)16-29-11-13-30(14-12-29)18-7-5-17(26)6-8-18/h5-10,15,27H,3-4,11-14,16H2,1-2H3,(H,28,31). The number of carbonyl (C=O) groups excluding carboxylic acids is 2. The van der Waals surface area contributed by atoms with Crippen LogP contribution in [0.2, 0.25) is 0 Å². The molecular formula is C25H29FN4O4. The molecule has 180 valence electrons. The first-order valence-electron chi connectivity index (χ1n) is 11.5. The van der Waals surface area contributed by atoms with E-state index in [1.165, 1.54) is 12.1 Å². The number of esters is 1. The first kappa shape index (κ1) is 23.6. The van der Waals surface area contributed by atoms with Gasteiger partial charge in [0, 0.05) is 42.8 Å². The van der Waals surface area contributed by atoms with Crippen LogP contribution in [0.4, 0.5) is 15.8 Å². The van der Waals surface area contributed by atoms with Crippen molar-refractivity contribution in [2.45, 2.75) is 13.8 Å². The molecule has 1 saturated heterocycles. The van der Waals surface area contributed by atoms with Crippen LogP contribution in [-0.4, -0.2) is 67.7 Å². The quantitative estimate of drug-likeness (QED) is 0.491. The highest BCUT2D eigenvalue weighted by Gasteiger charge is 2.24. The Balaban J connectivity index is 1.45. The highest BCUT2D eigenvalue weighted by atomic mass is 19.1. The number of fused-ring (bicyclic) bond motifs is 1. The van der Waals surface area contributed by atoms with E-state index in [1.807, 2.05) is 19.1 Å². The van der Waals surface area contributed by atoms with Crippen molar-refractivity contribution in [3.05, 3.63) is 54.0 Å². The molecule has 0 saturated carbocycles. The van der Waals surface area contributed by atoms with Crippen molar-refractivity contribution < 1.29 is 23.5 Å². The van der Waals surface area contributed by atoms with E-state index < -0.39 is 5.97 Å². The number of nitrogens with one attached hydrogen (secondary N) is 2. The lowest BCUT2D eigenvalue weighted by atomic mass is 10.2. The topological polar surface area (TPSA) is 86.9 Å². The van der Waals surface area contributed by atoms with Crippen molar-refractivity contribution in [2.75, 3.05) is 56.2 Å². The highest BCUT2D eigenvalue weighted by Crippen LogP contribution is 2.31. The van der Waals surface area contributed by atoms with Crippen molar-refractivity contribution in [1.29, 1.82) is 0 Å². The number of anilines is 2. The molecule has 1 aliphatic heterocycles.